The van der Waals surface area contributed by atoms with Crippen molar-refractivity contribution in [1.29, 1.82) is 0 Å². The number of fused-ring (bicyclic) bond motifs is 3. The van der Waals surface area contributed by atoms with E-state index in [-0.39, 0.29) is 10.9 Å². The fourth-order valence-corrected chi connectivity index (χ4v) is 5.55. The van der Waals surface area contributed by atoms with Crippen LogP contribution < -0.4 is 15.2 Å². The van der Waals surface area contributed by atoms with Crippen molar-refractivity contribution in [3.63, 3.8) is 0 Å². The topological polar surface area (TPSA) is 112 Å². The molecule has 3 aliphatic rings. The van der Waals surface area contributed by atoms with Crippen LogP contribution in [0.3, 0.4) is 0 Å². The van der Waals surface area contributed by atoms with Crippen LogP contribution in [0, 0.1) is 0 Å². The molecule has 2 amide bonds. The molecular weight excluding hydrogens is 378 g/mol. The third-order valence-corrected chi connectivity index (χ3v) is 7.25. The van der Waals surface area contributed by atoms with Crippen LogP contribution in [0.25, 0.3) is 0 Å². The number of carbonyl (C=O) groups is 1. The van der Waals surface area contributed by atoms with E-state index in [0.29, 0.717) is 18.4 Å². The number of urea groups is 1. The average molecular weight is 401 g/mol. The van der Waals surface area contributed by atoms with Crippen molar-refractivity contribution in [2.75, 3.05) is 11.9 Å². The molecule has 0 saturated carbocycles. The first kappa shape index (κ1) is 17.7. The zero-order chi connectivity index (χ0) is 19.6. The van der Waals surface area contributed by atoms with Gasteiger partial charge >= 0.3 is 6.03 Å². The molecule has 1 aliphatic heterocycles. The van der Waals surface area contributed by atoms with Crippen LogP contribution in [0.5, 0.6) is 5.88 Å². The third kappa shape index (κ3) is 2.56. The number of aryl methyl sites for hydroxylation is 1. The SMILES string of the molecule is C[C@H]1Cc2cc3c(c(NC(=O)N=S(N)(=O)c4cnn5c4OC[C@@H]5C)c21)CCC3. The number of benzene rings is 1. The highest BCUT2D eigenvalue weighted by Crippen LogP contribution is 2.45. The van der Waals surface area contributed by atoms with Gasteiger partial charge in [-0.2, -0.15) is 5.10 Å². The fourth-order valence-electron chi connectivity index (χ4n) is 4.56. The van der Waals surface area contributed by atoms with Crippen LogP contribution in [0.2, 0.25) is 0 Å². The molecule has 2 heterocycles. The fraction of sp³-hybridized carbons (Fsp3) is 0.474. The Balaban J connectivity index is 1.49. The number of hydrogen-bond acceptors (Lipinski definition) is 4. The van der Waals surface area contributed by atoms with Gasteiger partial charge < -0.3 is 10.1 Å². The largest absolute Gasteiger partial charge is 0.475 e. The van der Waals surface area contributed by atoms with Gasteiger partial charge in [-0.25, -0.2) is 18.8 Å². The average Bonchev–Trinajstić information content (AvgIpc) is 3.31. The number of anilines is 1. The maximum atomic E-state index is 13.0. The van der Waals surface area contributed by atoms with Crippen molar-refractivity contribution in [3.8, 4) is 5.88 Å². The Morgan fingerprint density at radius 1 is 1.39 bits per heavy atom. The molecule has 9 heteroatoms. The minimum atomic E-state index is -3.46. The highest BCUT2D eigenvalue weighted by molar-refractivity contribution is 7.91. The molecule has 2 aliphatic carbocycles. The van der Waals surface area contributed by atoms with E-state index in [4.69, 9.17) is 9.88 Å². The van der Waals surface area contributed by atoms with Crippen LogP contribution in [0.1, 0.15) is 54.5 Å². The van der Waals surface area contributed by atoms with E-state index in [0.717, 1.165) is 31.4 Å². The van der Waals surface area contributed by atoms with Crippen molar-refractivity contribution >= 4 is 21.6 Å². The standard InChI is InChI=1S/C19H23N5O3S/c1-10-6-13-7-12-4-3-5-14(12)17(16(10)13)22-19(25)23-28(20,26)15-8-21-24-11(2)9-27-18(15)24/h7-8,10-11H,3-6,9H2,1-2H3,(H3,20,22,23,25,26)/t10-,11-,28?/m0/s1. The lowest BCUT2D eigenvalue weighted by molar-refractivity contribution is 0.260. The molecule has 0 fully saturated rings. The maximum Gasteiger partial charge on any atom is 0.354 e. The number of carbonyl (C=O) groups excluding carboxylic acids is 1. The third-order valence-electron chi connectivity index (χ3n) is 5.91. The Bertz CT molecular complexity index is 1130. The van der Waals surface area contributed by atoms with Crippen LogP contribution in [-0.4, -0.2) is 26.6 Å². The molecule has 0 radical (unpaired) electrons. The van der Waals surface area contributed by atoms with E-state index in [1.54, 1.807) is 4.68 Å². The molecule has 2 aromatic rings. The summed E-state index contributed by atoms with van der Waals surface area (Å²) in [5.41, 5.74) is 5.79. The quantitative estimate of drug-likeness (QED) is 0.806. The van der Waals surface area contributed by atoms with Gasteiger partial charge in [0.15, 0.2) is 9.92 Å². The van der Waals surface area contributed by atoms with E-state index in [1.807, 2.05) is 6.92 Å². The first-order chi connectivity index (χ1) is 13.3. The predicted molar refractivity (Wildman–Crippen MR) is 105 cm³/mol. The molecular formula is C19H23N5O3S. The molecule has 1 aromatic heterocycles. The zero-order valence-electron chi connectivity index (χ0n) is 15.9. The van der Waals surface area contributed by atoms with Crippen LogP contribution in [0.15, 0.2) is 21.5 Å². The smallest absolute Gasteiger partial charge is 0.354 e. The number of rotatable bonds is 2. The number of hydrogen-bond donors (Lipinski definition) is 2. The lowest BCUT2D eigenvalue weighted by atomic mass is 9.75. The highest BCUT2D eigenvalue weighted by atomic mass is 32.2. The summed E-state index contributed by atoms with van der Waals surface area (Å²) in [5, 5.41) is 13.0. The number of amides is 2. The molecule has 0 saturated heterocycles. The van der Waals surface area contributed by atoms with Gasteiger partial charge in [-0.3, -0.25) is 0 Å². The van der Waals surface area contributed by atoms with Crippen molar-refractivity contribution in [2.24, 2.45) is 9.50 Å². The molecule has 3 atom stereocenters. The molecule has 148 valence electrons. The van der Waals surface area contributed by atoms with Crippen molar-refractivity contribution in [1.82, 2.24) is 9.78 Å². The summed E-state index contributed by atoms with van der Waals surface area (Å²) < 4.78 is 24.0. The summed E-state index contributed by atoms with van der Waals surface area (Å²) in [6.45, 7) is 4.51. The summed E-state index contributed by atoms with van der Waals surface area (Å²) in [7, 11) is -3.46. The molecule has 5 rings (SSSR count). The van der Waals surface area contributed by atoms with Gasteiger partial charge in [0.25, 0.3) is 0 Å². The van der Waals surface area contributed by atoms with Crippen molar-refractivity contribution < 1.29 is 13.7 Å². The van der Waals surface area contributed by atoms with Gasteiger partial charge in [0, 0.05) is 5.69 Å². The second-order valence-electron chi connectivity index (χ2n) is 7.93. The lowest BCUT2D eigenvalue weighted by Crippen LogP contribution is -2.23. The molecule has 3 N–H and O–H groups in total. The van der Waals surface area contributed by atoms with E-state index in [1.165, 1.54) is 28.5 Å². The first-order valence-corrected chi connectivity index (χ1v) is 11.2. The zero-order valence-corrected chi connectivity index (χ0v) is 16.7. The number of nitrogens with one attached hydrogen (secondary N) is 1. The molecule has 1 unspecified atom stereocenters. The van der Waals surface area contributed by atoms with E-state index in [9.17, 15) is 9.00 Å². The number of nitrogens with zero attached hydrogens (tertiary/aromatic N) is 3. The predicted octanol–water partition coefficient (Wildman–Crippen LogP) is 2.92. The Morgan fingerprint density at radius 2 is 2.21 bits per heavy atom. The molecule has 1 aromatic carbocycles. The molecule has 0 spiro atoms. The van der Waals surface area contributed by atoms with Gasteiger partial charge in [0.1, 0.15) is 11.5 Å². The minimum Gasteiger partial charge on any atom is -0.475 e. The monoisotopic (exact) mass is 401 g/mol. The second kappa shape index (κ2) is 6.05. The second-order valence-corrected chi connectivity index (χ2v) is 9.69. The summed E-state index contributed by atoms with van der Waals surface area (Å²) in [4.78, 5) is 12.8. The van der Waals surface area contributed by atoms with Gasteiger partial charge in [-0.15, -0.1) is 4.36 Å². The Hall–Kier alpha value is -2.39. The first-order valence-electron chi connectivity index (χ1n) is 9.59. The van der Waals surface area contributed by atoms with Gasteiger partial charge in [-0.1, -0.05) is 13.0 Å². The van der Waals surface area contributed by atoms with Crippen molar-refractivity contribution in [2.45, 2.75) is 56.4 Å². The Labute approximate surface area is 163 Å². The summed E-state index contributed by atoms with van der Waals surface area (Å²) in [6.07, 6.45) is 5.44. The molecule has 28 heavy (non-hydrogen) atoms. The van der Waals surface area contributed by atoms with E-state index in [2.05, 4.69) is 27.8 Å². The summed E-state index contributed by atoms with van der Waals surface area (Å²) >= 11 is 0. The minimum absolute atomic E-state index is 0.0278. The van der Waals surface area contributed by atoms with Gasteiger partial charge in [-0.05, 0) is 60.8 Å². The number of aromatic nitrogens is 2. The summed E-state index contributed by atoms with van der Waals surface area (Å²) in [5.74, 6) is 0.724. The Kier molecular flexibility index (Phi) is 3.82. The highest BCUT2D eigenvalue weighted by Gasteiger charge is 2.32. The summed E-state index contributed by atoms with van der Waals surface area (Å²) in [6, 6.07) is 1.60. The van der Waals surface area contributed by atoms with Crippen LogP contribution in [-0.2, 0) is 29.2 Å². The van der Waals surface area contributed by atoms with Crippen molar-refractivity contribution in [3.05, 3.63) is 34.5 Å². The number of ether oxygens (including phenoxy) is 1. The number of nitrogens with two attached hydrogens (primary N) is 1. The molecule has 8 nitrogen and oxygen atoms in total. The van der Waals surface area contributed by atoms with E-state index >= 15 is 0 Å². The Morgan fingerprint density at radius 3 is 3.00 bits per heavy atom. The van der Waals surface area contributed by atoms with Gasteiger partial charge in [0.2, 0.25) is 5.88 Å². The van der Waals surface area contributed by atoms with Crippen LogP contribution in [0.4, 0.5) is 10.5 Å². The lowest BCUT2D eigenvalue weighted by Gasteiger charge is -2.31. The molecule has 0 bridgehead atoms. The maximum absolute atomic E-state index is 13.0. The van der Waals surface area contributed by atoms with Crippen LogP contribution >= 0.6 is 0 Å². The van der Waals surface area contributed by atoms with Gasteiger partial charge in [0.05, 0.1) is 12.2 Å². The van der Waals surface area contributed by atoms with E-state index < -0.39 is 15.9 Å². The normalized spacial score (nSPS) is 23.7.